The molecule has 6 nitrogen and oxygen atoms in total. The van der Waals surface area contributed by atoms with E-state index >= 15 is 0 Å². The molecule has 134 valence electrons. The molecule has 1 heterocycles. The molecule has 0 aliphatic heterocycles. The number of nitrogens with zero attached hydrogens (tertiary/aromatic N) is 1. The van der Waals surface area contributed by atoms with Crippen molar-refractivity contribution in [3.05, 3.63) is 30.1 Å². The highest BCUT2D eigenvalue weighted by atomic mass is 16.5. The summed E-state index contributed by atoms with van der Waals surface area (Å²) in [6.07, 6.45) is 5.25. The van der Waals surface area contributed by atoms with E-state index in [1.807, 2.05) is 24.3 Å². The van der Waals surface area contributed by atoms with Crippen LogP contribution in [0.15, 0.2) is 24.3 Å². The second-order valence-corrected chi connectivity index (χ2v) is 6.70. The predicted molar refractivity (Wildman–Crippen MR) is 95.1 cm³/mol. The number of esters is 1. The number of H-pyrrole nitrogens is 1. The average molecular weight is 343 g/mol. The average Bonchev–Trinajstić information content (AvgIpc) is 3.06. The molecule has 1 aliphatic carbocycles. The Balaban J connectivity index is 1.52. The van der Waals surface area contributed by atoms with Crippen LogP contribution in [-0.2, 0) is 14.3 Å². The van der Waals surface area contributed by atoms with Crippen molar-refractivity contribution < 1.29 is 14.3 Å². The molecule has 2 N–H and O–H groups in total. The van der Waals surface area contributed by atoms with Crippen molar-refractivity contribution >= 4 is 22.9 Å². The highest BCUT2D eigenvalue weighted by Gasteiger charge is 2.26. The highest BCUT2D eigenvalue weighted by Crippen LogP contribution is 2.32. The number of rotatable bonds is 6. The van der Waals surface area contributed by atoms with Gasteiger partial charge in [-0.25, -0.2) is 4.98 Å². The first-order valence-corrected chi connectivity index (χ1v) is 8.96. The molecule has 1 aromatic carbocycles. The van der Waals surface area contributed by atoms with Crippen LogP contribution in [0.5, 0.6) is 0 Å². The fourth-order valence-electron chi connectivity index (χ4n) is 3.53. The minimum Gasteiger partial charge on any atom is -0.469 e. The molecule has 0 saturated heterocycles. The number of carbonyl (C=O) groups is 2. The molecule has 0 radical (unpaired) electrons. The van der Waals surface area contributed by atoms with Gasteiger partial charge in [-0.2, -0.15) is 0 Å². The smallest absolute Gasteiger partial charge is 0.305 e. The minimum atomic E-state index is -0.268. The van der Waals surface area contributed by atoms with E-state index in [1.165, 1.54) is 7.11 Å². The van der Waals surface area contributed by atoms with Gasteiger partial charge in [0.05, 0.1) is 18.1 Å². The Morgan fingerprint density at radius 2 is 2.12 bits per heavy atom. The fourth-order valence-corrected chi connectivity index (χ4v) is 3.53. The number of aromatic nitrogens is 2. The van der Waals surface area contributed by atoms with Crippen molar-refractivity contribution in [2.75, 3.05) is 7.11 Å². The quantitative estimate of drug-likeness (QED) is 0.790. The summed E-state index contributed by atoms with van der Waals surface area (Å²) in [5, 5.41) is 3.11. The minimum absolute atomic E-state index is 0.0131. The number of benzene rings is 1. The number of hydrogen-bond acceptors (Lipinski definition) is 4. The third kappa shape index (κ3) is 4.59. The highest BCUT2D eigenvalue weighted by molar-refractivity contribution is 5.77. The topological polar surface area (TPSA) is 84.1 Å². The van der Waals surface area contributed by atoms with E-state index in [-0.39, 0.29) is 24.3 Å². The molecule has 2 aromatic rings. The first kappa shape index (κ1) is 17.5. The van der Waals surface area contributed by atoms with Crippen molar-refractivity contribution in [3.8, 4) is 0 Å². The van der Waals surface area contributed by atoms with Crippen molar-refractivity contribution in [2.24, 2.45) is 0 Å². The summed E-state index contributed by atoms with van der Waals surface area (Å²) in [7, 11) is 1.36. The molecular formula is C19H25N3O3. The maximum atomic E-state index is 12.1. The fraction of sp³-hybridized carbons (Fsp3) is 0.526. The first-order valence-electron chi connectivity index (χ1n) is 8.96. The number of methoxy groups -OCH3 is 1. The molecule has 25 heavy (non-hydrogen) atoms. The van der Waals surface area contributed by atoms with E-state index in [0.29, 0.717) is 18.8 Å². The molecule has 1 aliphatic rings. The van der Waals surface area contributed by atoms with Crippen LogP contribution in [0.25, 0.3) is 11.0 Å². The second-order valence-electron chi connectivity index (χ2n) is 6.70. The van der Waals surface area contributed by atoms with Crippen LogP contribution in [0.2, 0.25) is 0 Å². The number of imidazole rings is 1. The maximum Gasteiger partial charge on any atom is 0.305 e. The van der Waals surface area contributed by atoms with Gasteiger partial charge in [-0.1, -0.05) is 18.6 Å². The third-order valence-corrected chi connectivity index (χ3v) is 4.85. The Labute approximate surface area is 147 Å². The van der Waals surface area contributed by atoms with Gasteiger partial charge in [-0.05, 0) is 37.8 Å². The zero-order chi connectivity index (χ0) is 17.6. The molecule has 2 unspecified atom stereocenters. The van der Waals surface area contributed by atoms with Crippen molar-refractivity contribution in [1.82, 2.24) is 15.3 Å². The summed E-state index contributed by atoms with van der Waals surface area (Å²) >= 11 is 0. The lowest BCUT2D eigenvalue weighted by Crippen LogP contribution is -2.38. The summed E-state index contributed by atoms with van der Waals surface area (Å²) < 4.78 is 4.59. The molecule has 3 rings (SSSR count). The van der Waals surface area contributed by atoms with Gasteiger partial charge >= 0.3 is 5.97 Å². The lowest BCUT2D eigenvalue weighted by molar-refractivity contribution is -0.140. The normalized spacial score (nSPS) is 20.4. The van der Waals surface area contributed by atoms with Crippen LogP contribution in [-0.4, -0.2) is 35.0 Å². The van der Waals surface area contributed by atoms with Crippen molar-refractivity contribution in [1.29, 1.82) is 0 Å². The summed E-state index contributed by atoms with van der Waals surface area (Å²) in [5.74, 6) is 1.11. The van der Waals surface area contributed by atoms with E-state index in [9.17, 15) is 9.59 Å². The van der Waals surface area contributed by atoms with Gasteiger partial charge in [0, 0.05) is 24.8 Å². The number of para-hydroxylation sites is 2. The second kappa shape index (κ2) is 8.14. The number of carbonyl (C=O) groups excluding carboxylic acids is 2. The lowest BCUT2D eigenvalue weighted by Gasteiger charge is -2.28. The Morgan fingerprint density at radius 3 is 2.92 bits per heavy atom. The number of nitrogens with one attached hydrogen (secondary N) is 2. The third-order valence-electron chi connectivity index (χ3n) is 4.85. The largest absolute Gasteiger partial charge is 0.469 e. The Bertz CT molecular complexity index is 707. The molecule has 2 atom stereocenters. The van der Waals surface area contributed by atoms with Crippen molar-refractivity contribution in [3.63, 3.8) is 0 Å². The van der Waals surface area contributed by atoms with Crippen LogP contribution >= 0.6 is 0 Å². The monoisotopic (exact) mass is 343 g/mol. The molecule has 1 saturated carbocycles. The Kier molecular flexibility index (Phi) is 5.68. The molecule has 1 amide bonds. The maximum absolute atomic E-state index is 12.1. The van der Waals surface area contributed by atoms with Gasteiger partial charge < -0.3 is 15.0 Å². The van der Waals surface area contributed by atoms with Gasteiger partial charge in [0.15, 0.2) is 0 Å². The van der Waals surface area contributed by atoms with Gasteiger partial charge in [0.25, 0.3) is 0 Å². The van der Waals surface area contributed by atoms with E-state index in [4.69, 9.17) is 4.98 Å². The van der Waals surface area contributed by atoms with Crippen LogP contribution in [0, 0.1) is 0 Å². The van der Waals surface area contributed by atoms with Gasteiger partial charge in [-0.15, -0.1) is 0 Å². The number of fused-ring (bicyclic) bond motifs is 1. The number of hydrogen-bond donors (Lipinski definition) is 2. The van der Waals surface area contributed by atoms with Crippen molar-refractivity contribution in [2.45, 2.75) is 56.9 Å². The summed E-state index contributed by atoms with van der Waals surface area (Å²) in [5.41, 5.74) is 2.05. The molecule has 6 heteroatoms. The Morgan fingerprint density at radius 1 is 1.28 bits per heavy atom. The predicted octanol–water partition coefficient (Wildman–Crippen LogP) is 3.05. The molecule has 1 fully saturated rings. The molecular weight excluding hydrogens is 318 g/mol. The summed E-state index contributed by atoms with van der Waals surface area (Å²) in [4.78, 5) is 31.3. The van der Waals surface area contributed by atoms with Gasteiger partial charge in [0.2, 0.25) is 5.91 Å². The van der Waals surface area contributed by atoms with E-state index in [2.05, 4.69) is 15.0 Å². The molecule has 0 bridgehead atoms. The van der Waals surface area contributed by atoms with Crippen LogP contribution in [0.1, 0.15) is 56.7 Å². The van der Waals surface area contributed by atoms with Gasteiger partial charge in [-0.3, -0.25) is 9.59 Å². The van der Waals surface area contributed by atoms with Crippen LogP contribution in [0.3, 0.4) is 0 Å². The molecule has 0 spiro atoms. The van der Waals surface area contributed by atoms with Crippen LogP contribution < -0.4 is 5.32 Å². The zero-order valence-corrected chi connectivity index (χ0v) is 14.6. The molecule has 1 aromatic heterocycles. The van der Waals surface area contributed by atoms with E-state index in [0.717, 1.165) is 42.5 Å². The first-order chi connectivity index (χ1) is 12.2. The lowest BCUT2D eigenvalue weighted by atomic mass is 9.85. The Hall–Kier alpha value is -2.37. The summed E-state index contributed by atoms with van der Waals surface area (Å²) in [6, 6.07) is 8.22. The summed E-state index contributed by atoms with van der Waals surface area (Å²) in [6.45, 7) is 0. The van der Waals surface area contributed by atoms with Gasteiger partial charge in [0.1, 0.15) is 5.82 Å². The van der Waals surface area contributed by atoms with E-state index < -0.39 is 0 Å². The number of amides is 1. The van der Waals surface area contributed by atoms with Crippen LogP contribution in [0.4, 0.5) is 0 Å². The number of aromatic amines is 1. The van der Waals surface area contributed by atoms with E-state index in [1.54, 1.807) is 0 Å². The SMILES string of the molecule is COC(=O)CCCC(=O)NC1CCCC(c2nc3ccccc3[nH]2)C1. The zero-order valence-electron chi connectivity index (χ0n) is 14.6. The number of ether oxygens (including phenoxy) is 1. The standard InChI is InChI=1S/C19H25N3O3/c1-25-18(24)11-5-10-17(23)20-14-7-4-6-13(12-14)19-21-15-8-2-3-9-16(15)22-19/h2-3,8-9,13-14H,4-7,10-12H2,1H3,(H,20,23)(H,21,22).